The normalized spacial score (nSPS) is 19.3. The predicted octanol–water partition coefficient (Wildman–Crippen LogP) is 1.83. The number of carbonyl (C=O) groups excluding carboxylic acids is 2. The Hall–Kier alpha value is -1.26. The number of rotatable bonds is 3. The summed E-state index contributed by atoms with van der Waals surface area (Å²) in [7, 11) is 0. The topological polar surface area (TPSA) is 63.4 Å². The minimum absolute atomic E-state index is 0.0881. The minimum atomic E-state index is -0.442. The van der Waals surface area contributed by atoms with Gasteiger partial charge < -0.3 is 10.6 Å². The molecule has 1 fully saturated rings. The summed E-state index contributed by atoms with van der Waals surface area (Å²) in [5.41, 5.74) is 5.97. The Morgan fingerprint density at radius 1 is 1.44 bits per heavy atom. The molecule has 96 valence electrons. The average molecular weight is 287 g/mol. The van der Waals surface area contributed by atoms with Gasteiger partial charge in [0.15, 0.2) is 0 Å². The molecule has 18 heavy (non-hydrogen) atoms. The summed E-state index contributed by atoms with van der Waals surface area (Å²) in [6.45, 7) is 0.693. The zero-order valence-corrected chi connectivity index (χ0v) is 11.0. The van der Waals surface area contributed by atoms with Crippen LogP contribution in [-0.2, 0) is 16.1 Å². The largest absolute Gasteiger partial charge is 0.369 e. The van der Waals surface area contributed by atoms with E-state index in [1.165, 1.54) is 0 Å². The summed E-state index contributed by atoms with van der Waals surface area (Å²) in [6, 6.07) is 5.26. The highest BCUT2D eigenvalue weighted by atomic mass is 35.5. The fraction of sp³-hybridized carbons (Fsp3) is 0.333. The van der Waals surface area contributed by atoms with Crippen LogP contribution in [-0.4, -0.2) is 23.3 Å². The molecule has 0 radical (unpaired) electrons. The van der Waals surface area contributed by atoms with Crippen LogP contribution in [0.3, 0.4) is 0 Å². The lowest BCUT2D eigenvalue weighted by molar-refractivity contribution is -0.128. The second kappa shape index (κ2) is 5.16. The summed E-state index contributed by atoms with van der Waals surface area (Å²) < 4.78 is 0. The standard InChI is InChI=1S/C12H12Cl2N2O2/c13-9-3-1-2-7(11(9)14)5-16-6-8(12(15)18)4-10(16)17/h1-3,8H,4-6H2,(H2,15,18). The van der Waals surface area contributed by atoms with Gasteiger partial charge in [0.25, 0.3) is 0 Å². The Kier molecular flexibility index (Phi) is 3.78. The molecule has 2 rings (SSSR count). The van der Waals surface area contributed by atoms with Crippen molar-refractivity contribution in [3.05, 3.63) is 33.8 Å². The molecule has 1 heterocycles. The maximum absolute atomic E-state index is 11.7. The predicted molar refractivity (Wildman–Crippen MR) is 69.2 cm³/mol. The molecule has 0 spiro atoms. The van der Waals surface area contributed by atoms with Gasteiger partial charge in [-0.25, -0.2) is 0 Å². The Balaban J connectivity index is 2.13. The number of hydrogen-bond acceptors (Lipinski definition) is 2. The van der Waals surface area contributed by atoms with Crippen molar-refractivity contribution in [3.8, 4) is 0 Å². The summed E-state index contributed by atoms with van der Waals surface area (Å²) in [5, 5.41) is 0.891. The zero-order valence-electron chi connectivity index (χ0n) is 9.53. The van der Waals surface area contributed by atoms with Gasteiger partial charge in [-0.3, -0.25) is 9.59 Å². The highest BCUT2D eigenvalue weighted by Crippen LogP contribution is 2.28. The third-order valence-corrected chi connectivity index (χ3v) is 3.87. The van der Waals surface area contributed by atoms with Gasteiger partial charge in [0.05, 0.1) is 16.0 Å². The van der Waals surface area contributed by atoms with E-state index in [2.05, 4.69) is 0 Å². The van der Waals surface area contributed by atoms with Crippen molar-refractivity contribution in [1.29, 1.82) is 0 Å². The van der Waals surface area contributed by atoms with Gasteiger partial charge in [-0.1, -0.05) is 35.3 Å². The molecular weight excluding hydrogens is 275 g/mol. The van der Waals surface area contributed by atoms with E-state index in [9.17, 15) is 9.59 Å². The van der Waals surface area contributed by atoms with Gasteiger partial charge >= 0.3 is 0 Å². The van der Waals surface area contributed by atoms with Gasteiger partial charge in [-0.05, 0) is 11.6 Å². The molecule has 0 saturated carbocycles. The Bertz CT molecular complexity index is 505. The number of nitrogens with two attached hydrogens (primary N) is 1. The van der Waals surface area contributed by atoms with E-state index < -0.39 is 11.8 Å². The molecule has 4 nitrogen and oxygen atoms in total. The van der Waals surface area contributed by atoms with E-state index in [-0.39, 0.29) is 12.3 Å². The quantitative estimate of drug-likeness (QED) is 0.921. The van der Waals surface area contributed by atoms with Crippen LogP contribution in [0, 0.1) is 5.92 Å². The van der Waals surface area contributed by atoms with Gasteiger partial charge in [0.1, 0.15) is 0 Å². The first-order valence-electron chi connectivity index (χ1n) is 5.49. The Morgan fingerprint density at radius 3 is 2.78 bits per heavy atom. The average Bonchev–Trinajstić information content (AvgIpc) is 2.67. The molecule has 1 saturated heterocycles. The molecule has 2 N–H and O–H groups in total. The third-order valence-electron chi connectivity index (χ3n) is 3.01. The molecule has 0 bridgehead atoms. The van der Waals surface area contributed by atoms with Gasteiger partial charge in [0.2, 0.25) is 11.8 Å². The summed E-state index contributed by atoms with van der Waals surface area (Å²) in [4.78, 5) is 24.4. The number of carbonyl (C=O) groups is 2. The number of primary amides is 1. The Labute approximate surface area is 115 Å². The molecule has 1 aromatic carbocycles. The van der Waals surface area contributed by atoms with Gasteiger partial charge in [-0.15, -0.1) is 0 Å². The molecule has 6 heteroatoms. The van der Waals surface area contributed by atoms with Crippen LogP contribution in [0.15, 0.2) is 18.2 Å². The van der Waals surface area contributed by atoms with Crippen molar-refractivity contribution in [2.45, 2.75) is 13.0 Å². The van der Waals surface area contributed by atoms with Crippen molar-refractivity contribution >= 4 is 35.0 Å². The van der Waals surface area contributed by atoms with Crippen molar-refractivity contribution in [3.63, 3.8) is 0 Å². The maximum atomic E-state index is 11.7. The van der Waals surface area contributed by atoms with Crippen LogP contribution in [0.1, 0.15) is 12.0 Å². The van der Waals surface area contributed by atoms with Crippen molar-refractivity contribution in [2.75, 3.05) is 6.54 Å². The van der Waals surface area contributed by atoms with Crippen LogP contribution in [0.25, 0.3) is 0 Å². The van der Waals surface area contributed by atoms with E-state index >= 15 is 0 Å². The molecule has 1 aliphatic heterocycles. The molecule has 1 aromatic rings. The fourth-order valence-corrected chi connectivity index (χ4v) is 2.37. The second-order valence-electron chi connectivity index (χ2n) is 4.29. The summed E-state index contributed by atoms with van der Waals surface area (Å²) in [6.07, 6.45) is 0.174. The molecule has 2 amide bonds. The lowest BCUT2D eigenvalue weighted by Crippen LogP contribution is -2.28. The number of likely N-dealkylation sites (tertiary alicyclic amines) is 1. The first kappa shape index (κ1) is 13.2. The van der Waals surface area contributed by atoms with Gasteiger partial charge in [0, 0.05) is 19.5 Å². The van der Waals surface area contributed by atoms with Crippen LogP contribution >= 0.6 is 23.2 Å². The summed E-state index contributed by atoms with van der Waals surface area (Å²) >= 11 is 12.0. The van der Waals surface area contributed by atoms with Crippen LogP contribution in [0.4, 0.5) is 0 Å². The number of hydrogen-bond donors (Lipinski definition) is 1. The molecule has 1 atom stereocenters. The highest BCUT2D eigenvalue weighted by Gasteiger charge is 2.33. The number of benzene rings is 1. The van der Waals surface area contributed by atoms with Crippen LogP contribution in [0.5, 0.6) is 0 Å². The van der Waals surface area contributed by atoms with E-state index in [1.54, 1.807) is 23.1 Å². The molecule has 1 unspecified atom stereocenters. The number of halogens is 2. The van der Waals surface area contributed by atoms with Crippen LogP contribution < -0.4 is 5.73 Å². The van der Waals surface area contributed by atoms with E-state index in [4.69, 9.17) is 28.9 Å². The van der Waals surface area contributed by atoms with E-state index in [0.717, 1.165) is 5.56 Å². The fourth-order valence-electron chi connectivity index (χ4n) is 1.99. The number of amides is 2. The van der Waals surface area contributed by atoms with Crippen molar-refractivity contribution in [1.82, 2.24) is 4.90 Å². The lowest BCUT2D eigenvalue weighted by Gasteiger charge is -2.17. The van der Waals surface area contributed by atoms with Crippen LogP contribution in [0.2, 0.25) is 10.0 Å². The highest BCUT2D eigenvalue weighted by molar-refractivity contribution is 6.42. The lowest BCUT2D eigenvalue weighted by atomic mass is 10.1. The molecular formula is C12H12Cl2N2O2. The second-order valence-corrected chi connectivity index (χ2v) is 5.08. The smallest absolute Gasteiger partial charge is 0.223 e. The molecule has 0 aliphatic carbocycles. The maximum Gasteiger partial charge on any atom is 0.223 e. The van der Waals surface area contributed by atoms with Crippen molar-refractivity contribution < 1.29 is 9.59 Å². The third kappa shape index (κ3) is 2.60. The first-order chi connectivity index (χ1) is 8.49. The monoisotopic (exact) mass is 286 g/mol. The van der Waals surface area contributed by atoms with E-state index in [0.29, 0.717) is 23.1 Å². The van der Waals surface area contributed by atoms with Crippen molar-refractivity contribution in [2.24, 2.45) is 11.7 Å². The first-order valence-corrected chi connectivity index (χ1v) is 6.24. The molecule has 1 aliphatic rings. The van der Waals surface area contributed by atoms with E-state index in [1.807, 2.05) is 0 Å². The SMILES string of the molecule is NC(=O)C1CC(=O)N(Cc2cccc(Cl)c2Cl)C1. The summed E-state index contributed by atoms with van der Waals surface area (Å²) in [5.74, 6) is -0.937. The number of nitrogens with zero attached hydrogens (tertiary/aromatic N) is 1. The molecule has 0 aromatic heterocycles. The zero-order chi connectivity index (χ0) is 13.3. The minimum Gasteiger partial charge on any atom is -0.369 e. The van der Waals surface area contributed by atoms with Gasteiger partial charge in [-0.2, -0.15) is 0 Å². The Morgan fingerprint density at radius 2 is 2.17 bits per heavy atom.